The van der Waals surface area contributed by atoms with Gasteiger partial charge in [0.1, 0.15) is 0 Å². The molecule has 12 aromatic rings. The summed E-state index contributed by atoms with van der Waals surface area (Å²) in [6, 6.07) is 76.2. The van der Waals surface area contributed by atoms with Gasteiger partial charge in [-0.05, 0) is 88.0 Å². The van der Waals surface area contributed by atoms with Crippen molar-refractivity contribution in [1.29, 1.82) is 0 Å². The van der Waals surface area contributed by atoms with Gasteiger partial charge in [0.2, 0.25) is 0 Å². The molecule has 306 valence electrons. The maximum atomic E-state index is 5.13. The molecule has 3 aromatic heterocycles. The molecule has 0 atom stereocenters. The predicted octanol–water partition coefficient (Wildman–Crippen LogP) is 15.0. The van der Waals surface area contributed by atoms with E-state index in [9.17, 15) is 0 Å². The van der Waals surface area contributed by atoms with Crippen LogP contribution in [0.5, 0.6) is 0 Å². The lowest BCUT2D eigenvalue weighted by atomic mass is 9.82. The van der Waals surface area contributed by atoms with E-state index in [-0.39, 0.29) is 5.41 Å². The first-order valence-electron chi connectivity index (χ1n) is 22.3. The summed E-state index contributed by atoms with van der Waals surface area (Å²) in [4.78, 5) is 15.2. The fourth-order valence-corrected chi connectivity index (χ4v) is 10.4. The Morgan fingerprint density at radius 3 is 1.48 bits per heavy atom. The first-order chi connectivity index (χ1) is 32.0. The third-order valence-electron chi connectivity index (χ3n) is 13.6. The van der Waals surface area contributed by atoms with Crippen molar-refractivity contribution in [1.82, 2.24) is 24.1 Å². The minimum Gasteiger partial charge on any atom is -0.309 e. The van der Waals surface area contributed by atoms with Crippen LogP contribution in [0.3, 0.4) is 0 Å². The van der Waals surface area contributed by atoms with E-state index in [0.29, 0.717) is 17.5 Å². The number of benzene rings is 9. The van der Waals surface area contributed by atoms with Gasteiger partial charge in [-0.15, -0.1) is 0 Å². The number of rotatable bonds is 6. The Morgan fingerprint density at radius 1 is 0.308 bits per heavy atom. The molecule has 0 spiro atoms. The van der Waals surface area contributed by atoms with Crippen LogP contribution in [0, 0.1) is 0 Å². The second-order valence-corrected chi connectivity index (χ2v) is 17.7. The van der Waals surface area contributed by atoms with Gasteiger partial charge in [-0.3, -0.25) is 0 Å². The van der Waals surface area contributed by atoms with Gasteiger partial charge in [0.25, 0.3) is 0 Å². The largest absolute Gasteiger partial charge is 0.309 e. The molecular formula is C60H41N5. The normalized spacial score (nSPS) is 12.9. The van der Waals surface area contributed by atoms with Crippen molar-refractivity contribution in [3.05, 3.63) is 223 Å². The number of aromatic nitrogens is 5. The topological polar surface area (TPSA) is 48.5 Å². The molecular weight excluding hydrogens is 791 g/mol. The van der Waals surface area contributed by atoms with Crippen LogP contribution >= 0.6 is 0 Å². The molecule has 5 nitrogen and oxygen atoms in total. The number of para-hydroxylation sites is 2. The molecule has 0 amide bonds. The number of hydrogen-bond acceptors (Lipinski definition) is 3. The minimum atomic E-state index is -0.159. The zero-order valence-electron chi connectivity index (χ0n) is 35.9. The molecule has 0 fully saturated rings. The lowest BCUT2D eigenvalue weighted by Crippen LogP contribution is -2.14. The van der Waals surface area contributed by atoms with Crippen molar-refractivity contribution in [2.75, 3.05) is 0 Å². The van der Waals surface area contributed by atoms with Crippen molar-refractivity contribution in [2.24, 2.45) is 0 Å². The molecule has 65 heavy (non-hydrogen) atoms. The van der Waals surface area contributed by atoms with Crippen molar-refractivity contribution in [3.63, 3.8) is 0 Å². The third kappa shape index (κ3) is 5.82. The molecule has 9 aromatic carbocycles. The molecule has 0 saturated heterocycles. The van der Waals surface area contributed by atoms with Gasteiger partial charge >= 0.3 is 0 Å². The summed E-state index contributed by atoms with van der Waals surface area (Å²) in [7, 11) is 0. The molecule has 3 heterocycles. The average molecular weight is 832 g/mol. The fraction of sp³-hybridized carbons (Fsp3) is 0.0500. The highest BCUT2D eigenvalue weighted by Gasteiger charge is 2.36. The molecule has 0 unspecified atom stereocenters. The molecule has 0 bridgehead atoms. The summed E-state index contributed by atoms with van der Waals surface area (Å²) in [5.41, 5.74) is 17.1. The third-order valence-corrected chi connectivity index (χ3v) is 13.6. The standard InChI is InChI=1S/C60H41N5/c1-60(2)51-27-14-12-25-45(51)49-36-50-48-32-30-41(40-29-31-47-46-26-13-15-28-53(46)64(54(47)34-40)43-22-10-5-11-23-43)35-55(48)65(56(50)37-52(49)60)44-24-16-21-42(33-44)59-62-57(38-17-6-3-7-18-38)61-58(63-59)39-19-8-4-9-20-39/h3-37H,1-2H3. The maximum Gasteiger partial charge on any atom is 0.164 e. The average Bonchev–Trinajstić information content (AvgIpc) is 3.95. The van der Waals surface area contributed by atoms with Crippen LogP contribution in [-0.2, 0) is 5.41 Å². The Kier molecular flexibility index (Phi) is 8.18. The van der Waals surface area contributed by atoms with E-state index >= 15 is 0 Å². The molecule has 0 saturated carbocycles. The molecule has 5 heteroatoms. The van der Waals surface area contributed by atoms with Crippen LogP contribution in [-0.4, -0.2) is 24.1 Å². The zero-order chi connectivity index (χ0) is 43.2. The number of nitrogens with zero attached hydrogens (tertiary/aromatic N) is 5. The number of fused-ring (bicyclic) bond motifs is 9. The Balaban J connectivity index is 1.04. The first kappa shape index (κ1) is 37.2. The monoisotopic (exact) mass is 831 g/mol. The Labute approximate surface area is 376 Å². The Bertz CT molecular complexity index is 3790. The van der Waals surface area contributed by atoms with Crippen LogP contribution < -0.4 is 0 Å². The lowest BCUT2D eigenvalue weighted by Gasteiger charge is -2.21. The van der Waals surface area contributed by atoms with Gasteiger partial charge in [-0.2, -0.15) is 0 Å². The first-order valence-corrected chi connectivity index (χ1v) is 22.3. The molecule has 0 radical (unpaired) electrons. The minimum absolute atomic E-state index is 0.159. The SMILES string of the molecule is CC1(C)c2ccccc2-c2cc3c4ccc(-c5ccc6c7ccccc7n(-c7ccccc7)c6c5)cc4n(-c4cccc(-c5nc(-c6ccccc6)nc(-c6ccccc6)n5)c4)c3cc21. The number of hydrogen-bond donors (Lipinski definition) is 0. The quantitative estimate of drug-likeness (QED) is 0.168. The highest BCUT2D eigenvalue weighted by molar-refractivity contribution is 6.13. The second kappa shape index (κ2) is 14.3. The van der Waals surface area contributed by atoms with Gasteiger partial charge in [-0.25, -0.2) is 15.0 Å². The maximum absolute atomic E-state index is 5.13. The van der Waals surface area contributed by atoms with E-state index < -0.39 is 0 Å². The van der Waals surface area contributed by atoms with Crippen molar-refractivity contribution < 1.29 is 0 Å². The lowest BCUT2D eigenvalue weighted by molar-refractivity contribution is 0.661. The van der Waals surface area contributed by atoms with Gasteiger partial charge in [-0.1, -0.05) is 172 Å². The van der Waals surface area contributed by atoms with E-state index in [1.807, 2.05) is 36.4 Å². The van der Waals surface area contributed by atoms with Crippen LogP contribution in [0.25, 0.3) is 111 Å². The summed E-state index contributed by atoms with van der Waals surface area (Å²) in [5, 5.41) is 4.91. The van der Waals surface area contributed by atoms with Crippen molar-refractivity contribution >= 4 is 43.6 Å². The highest BCUT2D eigenvalue weighted by Crippen LogP contribution is 2.51. The van der Waals surface area contributed by atoms with Crippen molar-refractivity contribution in [3.8, 4) is 67.8 Å². The molecule has 0 aliphatic heterocycles. The second-order valence-electron chi connectivity index (χ2n) is 17.7. The summed E-state index contributed by atoms with van der Waals surface area (Å²) in [5.74, 6) is 1.91. The van der Waals surface area contributed by atoms with Crippen LogP contribution in [0.1, 0.15) is 25.0 Å². The van der Waals surface area contributed by atoms with Crippen LogP contribution in [0.2, 0.25) is 0 Å². The summed E-state index contributed by atoms with van der Waals surface area (Å²) < 4.78 is 4.85. The van der Waals surface area contributed by atoms with E-state index in [4.69, 9.17) is 15.0 Å². The van der Waals surface area contributed by atoms with E-state index in [1.165, 1.54) is 60.3 Å². The van der Waals surface area contributed by atoms with E-state index in [2.05, 4.69) is 199 Å². The highest BCUT2D eigenvalue weighted by atomic mass is 15.0. The van der Waals surface area contributed by atoms with Gasteiger partial charge in [0, 0.05) is 55.0 Å². The van der Waals surface area contributed by atoms with Gasteiger partial charge < -0.3 is 9.13 Å². The predicted molar refractivity (Wildman–Crippen MR) is 268 cm³/mol. The molecule has 1 aliphatic rings. The smallest absolute Gasteiger partial charge is 0.164 e. The Morgan fingerprint density at radius 2 is 0.800 bits per heavy atom. The summed E-state index contributed by atoms with van der Waals surface area (Å²) in [6.45, 7) is 4.71. The van der Waals surface area contributed by atoms with E-state index in [0.717, 1.165) is 44.7 Å². The molecule has 1 aliphatic carbocycles. The summed E-state index contributed by atoms with van der Waals surface area (Å²) in [6.07, 6.45) is 0. The zero-order valence-corrected chi connectivity index (χ0v) is 35.9. The van der Waals surface area contributed by atoms with Crippen molar-refractivity contribution in [2.45, 2.75) is 19.3 Å². The Hall–Kier alpha value is -8.41. The van der Waals surface area contributed by atoms with Gasteiger partial charge in [0.05, 0.1) is 22.1 Å². The van der Waals surface area contributed by atoms with Crippen LogP contribution in [0.15, 0.2) is 212 Å². The van der Waals surface area contributed by atoms with Crippen LogP contribution in [0.4, 0.5) is 0 Å². The molecule has 13 rings (SSSR count). The fourth-order valence-electron chi connectivity index (χ4n) is 10.4. The van der Waals surface area contributed by atoms with Gasteiger partial charge in [0.15, 0.2) is 17.5 Å². The van der Waals surface area contributed by atoms with E-state index in [1.54, 1.807) is 0 Å². The molecule has 0 N–H and O–H groups in total. The summed E-state index contributed by atoms with van der Waals surface area (Å²) >= 11 is 0.